The van der Waals surface area contributed by atoms with Crippen molar-refractivity contribution < 1.29 is 13.9 Å². The topological polar surface area (TPSA) is 78.9 Å². The predicted molar refractivity (Wildman–Crippen MR) is 176 cm³/mol. The number of hydrogen-bond donors (Lipinski definition) is 0. The number of furan rings is 1. The number of benzene rings is 4. The van der Waals surface area contributed by atoms with Crippen molar-refractivity contribution in [3.8, 4) is 23.1 Å². The maximum absolute atomic E-state index is 13.7. The zero-order valence-electron chi connectivity index (χ0n) is 21.8. The van der Waals surface area contributed by atoms with E-state index in [1.807, 2.05) is 42.5 Å². The highest BCUT2D eigenvalue weighted by Gasteiger charge is 2.18. The number of fused-ring (bicyclic) bond motifs is 2. The number of rotatable bonds is 7. The number of halogens is 4. The lowest BCUT2D eigenvalue weighted by Gasteiger charge is -2.13. The maximum Gasteiger partial charge on any atom is 0.282 e. The number of ether oxygens (including phenoxy) is 2. The monoisotopic (exact) mass is 769 g/mol. The summed E-state index contributed by atoms with van der Waals surface area (Å²) in [7, 11) is 1.59. The van der Waals surface area contributed by atoms with Crippen molar-refractivity contribution in [3.05, 3.63) is 119 Å². The first-order chi connectivity index (χ1) is 20.3. The van der Waals surface area contributed by atoms with Gasteiger partial charge in [-0.25, -0.2) is 4.98 Å². The van der Waals surface area contributed by atoms with Gasteiger partial charge in [0.15, 0.2) is 5.76 Å². The number of methoxy groups -OCH3 is 1. The first kappa shape index (κ1) is 28.7. The van der Waals surface area contributed by atoms with Crippen LogP contribution in [0.2, 0.25) is 5.02 Å². The van der Waals surface area contributed by atoms with Gasteiger partial charge in [-0.1, -0.05) is 67.7 Å². The molecular weight excluding hydrogens is 754 g/mol. The summed E-state index contributed by atoms with van der Waals surface area (Å²) in [5.74, 6) is 1.74. The van der Waals surface area contributed by atoms with E-state index < -0.39 is 0 Å². The summed E-state index contributed by atoms with van der Waals surface area (Å²) in [5, 5.41) is 6.22. The van der Waals surface area contributed by atoms with Crippen LogP contribution in [-0.2, 0) is 6.61 Å². The molecule has 6 rings (SSSR count). The molecule has 0 saturated carbocycles. The summed E-state index contributed by atoms with van der Waals surface area (Å²) in [5.41, 5.74) is 2.25. The molecule has 0 unspecified atom stereocenters. The lowest BCUT2D eigenvalue weighted by atomic mass is 10.2. The van der Waals surface area contributed by atoms with Crippen molar-refractivity contribution in [3.63, 3.8) is 0 Å². The Morgan fingerprint density at radius 3 is 2.62 bits per heavy atom. The van der Waals surface area contributed by atoms with Gasteiger partial charge in [0.05, 0.1) is 34.1 Å². The van der Waals surface area contributed by atoms with Crippen LogP contribution in [0.25, 0.3) is 33.5 Å². The molecule has 2 aromatic heterocycles. The third kappa shape index (κ3) is 5.64. The Labute approximate surface area is 270 Å². The van der Waals surface area contributed by atoms with Gasteiger partial charge < -0.3 is 13.9 Å². The van der Waals surface area contributed by atoms with Crippen LogP contribution in [0.15, 0.2) is 107 Å². The van der Waals surface area contributed by atoms with Crippen LogP contribution in [0, 0.1) is 0 Å². The molecule has 0 saturated heterocycles. The Morgan fingerprint density at radius 1 is 0.976 bits per heavy atom. The highest BCUT2D eigenvalue weighted by molar-refractivity contribution is 9.11. The van der Waals surface area contributed by atoms with Gasteiger partial charge >= 0.3 is 0 Å². The number of para-hydroxylation sites is 1. The molecule has 0 aliphatic heterocycles. The van der Waals surface area contributed by atoms with Crippen molar-refractivity contribution in [2.75, 3.05) is 7.11 Å². The second-order valence-corrected chi connectivity index (χ2v) is 12.2. The number of hydrogen-bond acceptors (Lipinski definition) is 6. The second-order valence-electron chi connectivity index (χ2n) is 9.13. The van der Waals surface area contributed by atoms with Gasteiger partial charge in [0.25, 0.3) is 5.56 Å². The number of nitrogens with zero attached hydrogens (tertiary/aromatic N) is 3. The highest BCUT2D eigenvalue weighted by Crippen LogP contribution is 2.35. The van der Waals surface area contributed by atoms with Gasteiger partial charge in [0.1, 0.15) is 23.7 Å². The predicted octanol–water partition coefficient (Wildman–Crippen LogP) is 9.22. The molecule has 42 heavy (non-hydrogen) atoms. The minimum Gasteiger partial charge on any atom is -0.496 e. The fourth-order valence-corrected chi connectivity index (χ4v) is 6.56. The standard InChI is InChI=1S/C31H19Br3ClN3O4/c1-40-26-7-4-8-27-22(26)14-28(42-27)30-37-25-6-3-2-5-21(25)31(39)38(30)36-15-18-11-20(35)13-24(34)29(18)41-16-17-9-10-19(32)12-23(17)33/h2-15H,16H2,1H3. The molecule has 0 N–H and O–H groups in total. The SMILES string of the molecule is COc1cccc2oc(-c3nc4ccccc4c(=O)n3N=Cc3cc(Cl)cc(Br)c3OCc3ccc(Br)cc3Br)cc12. The average Bonchev–Trinajstić information content (AvgIpc) is 3.41. The Balaban J connectivity index is 1.47. The second kappa shape index (κ2) is 12.0. The first-order valence-corrected chi connectivity index (χ1v) is 15.3. The molecule has 0 radical (unpaired) electrons. The minimum absolute atomic E-state index is 0.232. The van der Waals surface area contributed by atoms with Crippen LogP contribution < -0.4 is 15.0 Å². The lowest BCUT2D eigenvalue weighted by molar-refractivity contribution is 0.303. The molecule has 0 amide bonds. The molecule has 6 aromatic rings. The van der Waals surface area contributed by atoms with E-state index in [9.17, 15) is 4.79 Å². The molecule has 0 aliphatic carbocycles. The molecule has 0 atom stereocenters. The molecule has 0 spiro atoms. The summed E-state index contributed by atoms with van der Waals surface area (Å²) in [6.45, 7) is 0.276. The van der Waals surface area contributed by atoms with Gasteiger partial charge in [-0.3, -0.25) is 4.79 Å². The summed E-state index contributed by atoms with van der Waals surface area (Å²) in [4.78, 5) is 18.5. The van der Waals surface area contributed by atoms with Gasteiger partial charge in [-0.2, -0.15) is 9.78 Å². The molecular formula is C31H19Br3ClN3O4. The largest absolute Gasteiger partial charge is 0.496 e. The van der Waals surface area contributed by atoms with Crippen LogP contribution in [0.3, 0.4) is 0 Å². The van der Waals surface area contributed by atoms with Crippen LogP contribution in [0.5, 0.6) is 11.5 Å². The Hall–Kier alpha value is -3.44. The zero-order valence-corrected chi connectivity index (χ0v) is 27.3. The Bertz CT molecular complexity index is 2070. The van der Waals surface area contributed by atoms with E-state index in [1.165, 1.54) is 10.9 Å². The van der Waals surface area contributed by atoms with Crippen LogP contribution in [-0.4, -0.2) is 23.0 Å². The fourth-order valence-electron chi connectivity index (χ4n) is 4.45. The van der Waals surface area contributed by atoms with Crippen molar-refractivity contribution >= 4 is 87.5 Å². The minimum atomic E-state index is -0.360. The Kier molecular flexibility index (Phi) is 8.22. The smallest absolute Gasteiger partial charge is 0.282 e. The number of aromatic nitrogens is 2. The summed E-state index contributed by atoms with van der Waals surface area (Å²) in [6.07, 6.45) is 1.52. The normalized spacial score (nSPS) is 11.5. The highest BCUT2D eigenvalue weighted by atomic mass is 79.9. The van der Waals surface area contributed by atoms with Crippen molar-refractivity contribution in [1.82, 2.24) is 9.66 Å². The van der Waals surface area contributed by atoms with E-state index in [1.54, 1.807) is 43.5 Å². The molecule has 0 aliphatic rings. The van der Waals surface area contributed by atoms with Crippen molar-refractivity contribution in [2.45, 2.75) is 6.61 Å². The molecule has 210 valence electrons. The van der Waals surface area contributed by atoms with Gasteiger partial charge in [-0.05, 0) is 70.5 Å². The maximum atomic E-state index is 13.7. The summed E-state index contributed by atoms with van der Waals surface area (Å²) in [6, 6.07) is 23.7. The van der Waals surface area contributed by atoms with E-state index in [4.69, 9.17) is 30.5 Å². The quantitative estimate of drug-likeness (QED) is 0.151. The molecule has 7 nitrogen and oxygen atoms in total. The fraction of sp³-hybridized carbons (Fsp3) is 0.0645. The van der Waals surface area contributed by atoms with Crippen LogP contribution >= 0.6 is 59.4 Å². The van der Waals surface area contributed by atoms with Gasteiger partial charge in [-0.15, -0.1) is 0 Å². The molecule has 11 heteroatoms. The van der Waals surface area contributed by atoms with Gasteiger partial charge in [0, 0.05) is 25.1 Å². The van der Waals surface area contributed by atoms with E-state index in [-0.39, 0.29) is 18.0 Å². The van der Waals surface area contributed by atoms with E-state index in [0.717, 1.165) is 19.9 Å². The van der Waals surface area contributed by atoms with E-state index in [0.29, 0.717) is 48.8 Å². The first-order valence-electron chi connectivity index (χ1n) is 12.5. The van der Waals surface area contributed by atoms with Gasteiger partial charge in [0.2, 0.25) is 5.82 Å². The van der Waals surface area contributed by atoms with E-state index >= 15 is 0 Å². The average molecular weight is 773 g/mol. The molecule has 4 aromatic carbocycles. The van der Waals surface area contributed by atoms with Crippen molar-refractivity contribution in [2.24, 2.45) is 5.10 Å². The van der Waals surface area contributed by atoms with Crippen LogP contribution in [0.4, 0.5) is 0 Å². The molecule has 2 heterocycles. The Morgan fingerprint density at radius 2 is 1.81 bits per heavy atom. The summed E-state index contributed by atoms with van der Waals surface area (Å²) >= 11 is 17.0. The lowest BCUT2D eigenvalue weighted by Crippen LogP contribution is -2.20. The third-order valence-corrected chi connectivity index (χ3v) is 8.49. The third-order valence-electron chi connectivity index (χ3n) is 6.45. The zero-order chi connectivity index (χ0) is 29.4. The molecule has 0 bridgehead atoms. The van der Waals surface area contributed by atoms with Crippen LogP contribution in [0.1, 0.15) is 11.1 Å². The van der Waals surface area contributed by atoms with E-state index in [2.05, 4.69) is 52.9 Å². The van der Waals surface area contributed by atoms with Crippen molar-refractivity contribution in [1.29, 1.82) is 0 Å². The summed E-state index contributed by atoms with van der Waals surface area (Å²) < 4.78 is 21.5. The molecule has 0 fully saturated rings.